The number of carbonyl (C=O) groups excluding carboxylic acids is 2. The maximum absolute atomic E-state index is 12.7. The summed E-state index contributed by atoms with van der Waals surface area (Å²) in [4.78, 5) is 24.9. The quantitative estimate of drug-likeness (QED) is 0.608. The maximum Gasteiger partial charge on any atom is 0.317 e. The van der Waals surface area contributed by atoms with Crippen molar-refractivity contribution < 1.29 is 14.3 Å². The second-order valence-corrected chi connectivity index (χ2v) is 7.14. The van der Waals surface area contributed by atoms with Crippen LogP contribution in [0, 0.1) is 0 Å². The molecule has 1 atom stereocenters. The molecule has 27 heavy (non-hydrogen) atoms. The van der Waals surface area contributed by atoms with Gasteiger partial charge in [0.2, 0.25) is 0 Å². The Morgan fingerprint density at radius 1 is 1.33 bits per heavy atom. The number of ether oxygens (including phenoxy) is 1. The Balaban J connectivity index is 0.00000261. The van der Waals surface area contributed by atoms with Gasteiger partial charge in [0.15, 0.2) is 0 Å². The zero-order valence-corrected chi connectivity index (χ0v) is 16.5. The highest BCUT2D eigenvalue weighted by Gasteiger charge is 2.22. The van der Waals surface area contributed by atoms with E-state index in [0.29, 0.717) is 10.6 Å². The summed E-state index contributed by atoms with van der Waals surface area (Å²) in [5, 5.41) is 9.29. The van der Waals surface area contributed by atoms with Gasteiger partial charge in [-0.1, -0.05) is 12.1 Å². The van der Waals surface area contributed by atoms with Gasteiger partial charge in [0.25, 0.3) is 5.91 Å². The van der Waals surface area contributed by atoms with Crippen molar-refractivity contribution in [2.75, 3.05) is 25.5 Å². The van der Waals surface area contributed by atoms with E-state index in [1.54, 1.807) is 13.2 Å². The van der Waals surface area contributed by atoms with Gasteiger partial charge in [0, 0.05) is 17.5 Å². The molecule has 7 nitrogen and oxygen atoms in total. The monoisotopic (exact) mass is 410 g/mol. The molecule has 0 aliphatic carbocycles. The summed E-state index contributed by atoms with van der Waals surface area (Å²) in [5.41, 5.74) is 6.58. The highest BCUT2D eigenvalue weighted by molar-refractivity contribution is 7.20. The number of carbonyl (C=O) groups is 2. The average molecular weight is 411 g/mol. The summed E-state index contributed by atoms with van der Waals surface area (Å²) >= 11 is 1.31. The third-order valence-electron chi connectivity index (χ3n) is 4.20. The normalized spacial score (nSPS) is 16.1. The number of methoxy groups -OCH3 is 1. The van der Waals surface area contributed by atoms with Crippen molar-refractivity contribution >= 4 is 40.7 Å². The molecule has 1 aliphatic heterocycles. The fourth-order valence-electron chi connectivity index (χ4n) is 2.92. The lowest BCUT2D eigenvalue weighted by Gasteiger charge is -2.23. The van der Waals surface area contributed by atoms with Gasteiger partial charge in [-0.15, -0.1) is 23.7 Å². The summed E-state index contributed by atoms with van der Waals surface area (Å²) in [6.45, 7) is 1.72. The van der Waals surface area contributed by atoms with E-state index in [2.05, 4.69) is 16.0 Å². The van der Waals surface area contributed by atoms with Crippen LogP contribution in [0.4, 0.5) is 9.80 Å². The Morgan fingerprint density at radius 2 is 2.15 bits per heavy atom. The largest absolute Gasteiger partial charge is 0.497 e. The number of nitrogens with two attached hydrogens (primary N) is 1. The van der Waals surface area contributed by atoms with Crippen LogP contribution in [0.15, 0.2) is 30.3 Å². The van der Waals surface area contributed by atoms with Gasteiger partial charge in [-0.3, -0.25) is 10.1 Å². The molecule has 1 aromatic carbocycles. The first kappa shape index (κ1) is 21.0. The van der Waals surface area contributed by atoms with Gasteiger partial charge in [-0.25, -0.2) is 4.79 Å². The lowest BCUT2D eigenvalue weighted by molar-refractivity contribution is 0.0932. The van der Waals surface area contributed by atoms with Crippen LogP contribution in [0.1, 0.15) is 23.2 Å². The predicted molar refractivity (Wildman–Crippen MR) is 110 cm³/mol. The van der Waals surface area contributed by atoms with Gasteiger partial charge >= 0.3 is 6.03 Å². The molecule has 1 aliphatic rings. The third kappa shape index (κ3) is 5.35. The average Bonchev–Trinajstić information content (AvgIpc) is 3.06. The minimum Gasteiger partial charge on any atom is -0.497 e. The Bertz CT molecular complexity index is 806. The number of benzene rings is 1. The first-order chi connectivity index (χ1) is 12.6. The zero-order valence-electron chi connectivity index (χ0n) is 14.9. The van der Waals surface area contributed by atoms with Crippen molar-refractivity contribution in [2.24, 2.45) is 5.73 Å². The number of halogens is 1. The number of piperidine rings is 1. The fraction of sp³-hybridized carbons (Fsp3) is 0.333. The van der Waals surface area contributed by atoms with E-state index in [0.717, 1.165) is 42.1 Å². The first-order valence-corrected chi connectivity index (χ1v) is 9.25. The predicted octanol–water partition coefficient (Wildman–Crippen LogP) is 2.82. The van der Waals surface area contributed by atoms with Crippen molar-refractivity contribution in [3.63, 3.8) is 0 Å². The van der Waals surface area contributed by atoms with E-state index in [4.69, 9.17) is 10.5 Å². The molecule has 0 radical (unpaired) electrons. The van der Waals surface area contributed by atoms with E-state index in [-0.39, 0.29) is 24.4 Å². The smallest absolute Gasteiger partial charge is 0.317 e. The molecule has 0 bridgehead atoms. The molecule has 0 unspecified atom stereocenters. The van der Waals surface area contributed by atoms with Crippen LogP contribution in [0.25, 0.3) is 10.4 Å². The number of anilines is 1. The van der Waals surface area contributed by atoms with Crippen molar-refractivity contribution in [2.45, 2.75) is 18.9 Å². The number of rotatable bonds is 5. The number of amides is 3. The van der Waals surface area contributed by atoms with E-state index < -0.39 is 6.03 Å². The standard InChI is InChI=1S/C18H22N4O3S.ClH/c1-25-13-6-2-4-11(8-13)15-9-14(17(26-15)22-18(19)24)16(23)21-12-5-3-7-20-10-12;/h2,4,6,8-9,12,20H,3,5,7,10H2,1H3,(H,21,23)(H3,19,22,24);1H/t12-;/m0./s1. The molecular formula is C18H23ClN4O3S. The summed E-state index contributed by atoms with van der Waals surface area (Å²) < 4.78 is 5.25. The molecule has 1 fully saturated rings. The molecule has 2 aromatic rings. The lowest BCUT2D eigenvalue weighted by Crippen LogP contribution is -2.45. The number of hydrogen-bond donors (Lipinski definition) is 4. The fourth-order valence-corrected chi connectivity index (χ4v) is 3.98. The van der Waals surface area contributed by atoms with Crippen LogP contribution < -0.4 is 26.4 Å². The van der Waals surface area contributed by atoms with Crippen molar-refractivity contribution in [1.82, 2.24) is 10.6 Å². The van der Waals surface area contributed by atoms with Gasteiger partial charge in [0.1, 0.15) is 10.8 Å². The van der Waals surface area contributed by atoms with Gasteiger partial charge in [-0.2, -0.15) is 0 Å². The topological polar surface area (TPSA) is 105 Å². The molecule has 1 aromatic heterocycles. The highest BCUT2D eigenvalue weighted by atomic mass is 35.5. The lowest BCUT2D eigenvalue weighted by atomic mass is 10.1. The second-order valence-electron chi connectivity index (χ2n) is 6.09. The molecule has 146 valence electrons. The van der Waals surface area contributed by atoms with E-state index in [1.807, 2.05) is 24.3 Å². The molecular weight excluding hydrogens is 388 g/mol. The summed E-state index contributed by atoms with van der Waals surface area (Å²) in [6.07, 6.45) is 1.96. The van der Waals surface area contributed by atoms with E-state index in [9.17, 15) is 9.59 Å². The Hall–Kier alpha value is -2.29. The number of urea groups is 1. The summed E-state index contributed by atoms with van der Waals surface area (Å²) in [7, 11) is 1.60. The molecule has 3 amide bonds. The first-order valence-electron chi connectivity index (χ1n) is 8.43. The van der Waals surface area contributed by atoms with E-state index >= 15 is 0 Å². The highest BCUT2D eigenvalue weighted by Crippen LogP contribution is 2.36. The van der Waals surface area contributed by atoms with Crippen LogP contribution in [-0.4, -0.2) is 38.2 Å². The number of primary amides is 1. The Labute approximate surface area is 168 Å². The number of nitrogens with one attached hydrogen (secondary N) is 3. The minimum absolute atomic E-state index is 0. The van der Waals surface area contributed by atoms with Crippen molar-refractivity contribution in [1.29, 1.82) is 0 Å². The molecule has 9 heteroatoms. The van der Waals surface area contributed by atoms with Crippen molar-refractivity contribution in [3.8, 4) is 16.2 Å². The van der Waals surface area contributed by atoms with Gasteiger partial charge in [-0.05, 0) is 43.1 Å². The molecule has 2 heterocycles. The van der Waals surface area contributed by atoms with Crippen LogP contribution >= 0.6 is 23.7 Å². The second kappa shape index (κ2) is 9.59. The SMILES string of the molecule is COc1cccc(-c2cc(C(=O)N[C@H]3CCCNC3)c(NC(N)=O)s2)c1.Cl. The molecule has 3 rings (SSSR count). The maximum atomic E-state index is 12.7. The van der Waals surface area contributed by atoms with Gasteiger partial charge in [0.05, 0.1) is 12.7 Å². The number of thiophene rings is 1. The third-order valence-corrected chi connectivity index (χ3v) is 5.30. The zero-order chi connectivity index (χ0) is 18.5. The summed E-state index contributed by atoms with van der Waals surface area (Å²) in [6, 6.07) is 8.69. The number of hydrogen-bond acceptors (Lipinski definition) is 5. The van der Waals surface area contributed by atoms with Crippen LogP contribution in [0.3, 0.4) is 0 Å². The Morgan fingerprint density at radius 3 is 2.81 bits per heavy atom. The van der Waals surface area contributed by atoms with Crippen LogP contribution in [-0.2, 0) is 0 Å². The van der Waals surface area contributed by atoms with Crippen LogP contribution in [0.2, 0.25) is 0 Å². The molecule has 0 spiro atoms. The molecule has 5 N–H and O–H groups in total. The summed E-state index contributed by atoms with van der Waals surface area (Å²) in [5.74, 6) is 0.507. The van der Waals surface area contributed by atoms with Crippen molar-refractivity contribution in [3.05, 3.63) is 35.9 Å². The molecule has 1 saturated heterocycles. The van der Waals surface area contributed by atoms with E-state index in [1.165, 1.54) is 11.3 Å². The van der Waals surface area contributed by atoms with Crippen LogP contribution in [0.5, 0.6) is 5.75 Å². The molecule has 0 saturated carbocycles. The minimum atomic E-state index is -0.697. The van der Waals surface area contributed by atoms with Gasteiger partial charge < -0.3 is 21.1 Å². The Kier molecular flexibility index (Phi) is 7.46.